The molecule has 3 N–H and O–H groups in total. The van der Waals surface area contributed by atoms with Crippen molar-refractivity contribution in [2.24, 2.45) is 0 Å². The normalized spacial score (nSPS) is 9.82. The van der Waals surface area contributed by atoms with Gasteiger partial charge in [0.05, 0.1) is 0 Å². The van der Waals surface area contributed by atoms with Gasteiger partial charge in [-0.25, -0.2) is 0 Å². The van der Waals surface area contributed by atoms with Crippen molar-refractivity contribution >= 4 is 23.5 Å². The van der Waals surface area contributed by atoms with Gasteiger partial charge in [-0.1, -0.05) is 6.07 Å². The molecule has 0 spiro atoms. The summed E-state index contributed by atoms with van der Waals surface area (Å²) in [5.74, 6) is -1.97. The van der Waals surface area contributed by atoms with Crippen molar-refractivity contribution in [2.45, 2.75) is 0 Å². The highest BCUT2D eigenvalue weighted by Crippen LogP contribution is 2.10. The molecule has 0 saturated heterocycles. The Morgan fingerprint density at radius 1 is 1.00 bits per heavy atom. The molecular weight excluding hydrogens is 286 g/mol. The van der Waals surface area contributed by atoms with Crippen molar-refractivity contribution in [3.8, 4) is 0 Å². The first-order valence-corrected chi connectivity index (χ1v) is 6.38. The smallest absolute Gasteiger partial charge is 0.322 e. The van der Waals surface area contributed by atoms with Crippen LogP contribution < -0.4 is 10.6 Å². The van der Waals surface area contributed by atoms with Crippen LogP contribution in [0.1, 0.15) is 20.8 Å². The van der Waals surface area contributed by atoms with Crippen LogP contribution in [-0.2, 0) is 4.79 Å². The SMILES string of the molecule is O=C(O)CNC(=O)c1ccc(NC(=O)c2ccccn2)cc1. The number of aromatic nitrogens is 1. The Balaban J connectivity index is 1.98. The van der Waals surface area contributed by atoms with Crippen LogP contribution >= 0.6 is 0 Å². The Morgan fingerprint density at radius 3 is 2.32 bits per heavy atom. The number of carboxylic acid groups (broad SMARTS) is 1. The third-order valence-corrected chi connectivity index (χ3v) is 2.70. The van der Waals surface area contributed by atoms with E-state index < -0.39 is 18.4 Å². The first-order valence-electron chi connectivity index (χ1n) is 6.38. The zero-order chi connectivity index (χ0) is 15.9. The molecule has 0 aliphatic rings. The monoisotopic (exact) mass is 299 g/mol. The van der Waals surface area contributed by atoms with Crippen LogP contribution in [0, 0.1) is 0 Å². The third kappa shape index (κ3) is 4.14. The predicted molar refractivity (Wildman–Crippen MR) is 78.6 cm³/mol. The fourth-order valence-corrected chi connectivity index (χ4v) is 1.66. The van der Waals surface area contributed by atoms with E-state index in [-0.39, 0.29) is 11.6 Å². The molecular formula is C15H13N3O4. The molecule has 1 heterocycles. The van der Waals surface area contributed by atoms with Gasteiger partial charge in [0.2, 0.25) is 0 Å². The molecule has 0 atom stereocenters. The Hall–Kier alpha value is -3.22. The van der Waals surface area contributed by atoms with E-state index in [1.165, 1.54) is 18.3 Å². The summed E-state index contributed by atoms with van der Waals surface area (Å²) in [4.78, 5) is 37.8. The number of hydrogen-bond acceptors (Lipinski definition) is 4. The molecule has 0 aliphatic carbocycles. The molecule has 7 heteroatoms. The van der Waals surface area contributed by atoms with Crippen molar-refractivity contribution < 1.29 is 19.5 Å². The fraction of sp³-hybridized carbons (Fsp3) is 0.0667. The zero-order valence-electron chi connectivity index (χ0n) is 11.4. The maximum absolute atomic E-state index is 11.9. The average molecular weight is 299 g/mol. The molecule has 1 aromatic carbocycles. The molecule has 0 unspecified atom stereocenters. The molecule has 0 saturated carbocycles. The maximum atomic E-state index is 11.9. The minimum absolute atomic E-state index is 0.283. The average Bonchev–Trinajstić information content (AvgIpc) is 2.54. The number of aliphatic carboxylic acids is 1. The number of amides is 2. The fourth-order valence-electron chi connectivity index (χ4n) is 1.66. The minimum Gasteiger partial charge on any atom is -0.480 e. The van der Waals surface area contributed by atoms with Crippen LogP contribution in [-0.4, -0.2) is 34.4 Å². The Labute approximate surface area is 126 Å². The van der Waals surface area contributed by atoms with Gasteiger partial charge in [-0.2, -0.15) is 0 Å². The van der Waals surface area contributed by atoms with Crippen molar-refractivity contribution in [2.75, 3.05) is 11.9 Å². The molecule has 22 heavy (non-hydrogen) atoms. The summed E-state index contributed by atoms with van der Waals surface area (Å²) in [6.45, 7) is -0.447. The molecule has 7 nitrogen and oxygen atoms in total. The van der Waals surface area contributed by atoms with Gasteiger partial charge in [-0.05, 0) is 36.4 Å². The topological polar surface area (TPSA) is 108 Å². The van der Waals surface area contributed by atoms with E-state index in [1.54, 1.807) is 30.3 Å². The molecule has 2 aromatic rings. The second-order valence-corrected chi connectivity index (χ2v) is 4.32. The van der Waals surface area contributed by atoms with Crippen LogP contribution in [0.25, 0.3) is 0 Å². The lowest BCUT2D eigenvalue weighted by Gasteiger charge is -2.06. The van der Waals surface area contributed by atoms with Crippen molar-refractivity contribution in [3.63, 3.8) is 0 Å². The van der Waals surface area contributed by atoms with E-state index in [4.69, 9.17) is 5.11 Å². The van der Waals surface area contributed by atoms with Gasteiger partial charge < -0.3 is 15.7 Å². The maximum Gasteiger partial charge on any atom is 0.322 e. The summed E-state index contributed by atoms with van der Waals surface area (Å²) < 4.78 is 0. The summed E-state index contributed by atoms with van der Waals surface area (Å²) in [6.07, 6.45) is 1.52. The number of nitrogens with one attached hydrogen (secondary N) is 2. The standard InChI is InChI=1S/C15H13N3O4/c19-13(20)9-17-14(21)10-4-6-11(7-5-10)18-15(22)12-3-1-2-8-16-12/h1-8H,9H2,(H,17,21)(H,18,22)(H,19,20). The number of benzene rings is 1. The number of carbonyl (C=O) groups is 3. The van der Waals surface area contributed by atoms with E-state index in [9.17, 15) is 14.4 Å². The largest absolute Gasteiger partial charge is 0.480 e. The number of carbonyl (C=O) groups excluding carboxylic acids is 2. The molecule has 2 amide bonds. The van der Waals surface area contributed by atoms with Crippen molar-refractivity contribution in [3.05, 3.63) is 59.9 Å². The van der Waals surface area contributed by atoms with Crippen LogP contribution in [0.15, 0.2) is 48.7 Å². The summed E-state index contributed by atoms with van der Waals surface area (Å²) in [6, 6.07) is 11.1. The second-order valence-electron chi connectivity index (χ2n) is 4.32. The Kier molecular flexibility index (Phi) is 4.81. The molecule has 0 radical (unpaired) electrons. The summed E-state index contributed by atoms with van der Waals surface area (Å²) >= 11 is 0. The van der Waals surface area contributed by atoms with E-state index in [0.717, 1.165) is 0 Å². The van der Waals surface area contributed by atoms with E-state index in [0.29, 0.717) is 11.3 Å². The van der Waals surface area contributed by atoms with E-state index in [1.807, 2.05) is 0 Å². The number of nitrogens with zero attached hydrogens (tertiary/aromatic N) is 1. The van der Waals surface area contributed by atoms with Gasteiger partial charge in [-0.3, -0.25) is 19.4 Å². The van der Waals surface area contributed by atoms with Crippen LogP contribution in [0.5, 0.6) is 0 Å². The summed E-state index contributed by atoms with van der Waals surface area (Å²) in [5, 5.41) is 13.4. The summed E-state index contributed by atoms with van der Waals surface area (Å²) in [7, 11) is 0. The van der Waals surface area contributed by atoms with Crippen LogP contribution in [0.3, 0.4) is 0 Å². The van der Waals surface area contributed by atoms with Gasteiger partial charge >= 0.3 is 5.97 Å². The molecule has 0 aliphatic heterocycles. The second kappa shape index (κ2) is 6.98. The van der Waals surface area contributed by atoms with Gasteiger partial charge in [0.25, 0.3) is 11.8 Å². The lowest BCUT2D eigenvalue weighted by molar-refractivity contribution is -0.135. The van der Waals surface area contributed by atoms with Gasteiger partial charge in [0.1, 0.15) is 12.2 Å². The van der Waals surface area contributed by atoms with E-state index >= 15 is 0 Å². The number of carboxylic acids is 1. The van der Waals surface area contributed by atoms with Crippen LogP contribution in [0.2, 0.25) is 0 Å². The van der Waals surface area contributed by atoms with Gasteiger partial charge in [0, 0.05) is 17.4 Å². The molecule has 2 rings (SSSR count). The molecule has 0 bridgehead atoms. The van der Waals surface area contributed by atoms with Crippen LogP contribution in [0.4, 0.5) is 5.69 Å². The third-order valence-electron chi connectivity index (χ3n) is 2.70. The molecule has 1 aromatic heterocycles. The Bertz CT molecular complexity index is 684. The molecule has 0 fully saturated rings. The first kappa shape index (κ1) is 15.2. The highest BCUT2D eigenvalue weighted by molar-refractivity contribution is 6.03. The predicted octanol–water partition coefficient (Wildman–Crippen LogP) is 1.15. The lowest BCUT2D eigenvalue weighted by atomic mass is 10.2. The van der Waals surface area contributed by atoms with E-state index in [2.05, 4.69) is 15.6 Å². The summed E-state index contributed by atoms with van der Waals surface area (Å²) in [5.41, 5.74) is 1.09. The first-order chi connectivity index (χ1) is 10.6. The highest BCUT2D eigenvalue weighted by atomic mass is 16.4. The number of anilines is 1. The molecule has 112 valence electrons. The zero-order valence-corrected chi connectivity index (χ0v) is 11.4. The number of pyridine rings is 1. The van der Waals surface area contributed by atoms with Gasteiger partial charge in [0.15, 0.2) is 0 Å². The lowest BCUT2D eigenvalue weighted by Crippen LogP contribution is -2.29. The quantitative estimate of drug-likeness (QED) is 0.767. The highest BCUT2D eigenvalue weighted by Gasteiger charge is 2.09. The van der Waals surface area contributed by atoms with Gasteiger partial charge in [-0.15, -0.1) is 0 Å². The van der Waals surface area contributed by atoms with Crippen molar-refractivity contribution in [1.82, 2.24) is 10.3 Å². The van der Waals surface area contributed by atoms with Crippen molar-refractivity contribution in [1.29, 1.82) is 0 Å². The minimum atomic E-state index is -1.12. The number of rotatable bonds is 5. The number of hydrogen-bond donors (Lipinski definition) is 3. The Morgan fingerprint density at radius 2 is 1.73 bits per heavy atom.